The van der Waals surface area contributed by atoms with Crippen LogP contribution in [-0.4, -0.2) is 43.3 Å². The number of anilines is 3. The first-order valence-electron chi connectivity index (χ1n) is 9.33. The molecule has 3 N–H and O–H groups in total. The molecule has 1 aliphatic heterocycles. The highest BCUT2D eigenvalue weighted by molar-refractivity contribution is 6.40. The molecule has 2 aromatic rings. The maximum Gasteiger partial charge on any atom is 0.313 e. The largest absolute Gasteiger partial charge is 0.497 e. The molecule has 1 heterocycles. The Bertz CT molecular complexity index is 974. The number of carbonyl (C=O) groups is 4. The van der Waals surface area contributed by atoms with Gasteiger partial charge in [0, 0.05) is 18.2 Å². The van der Waals surface area contributed by atoms with Crippen LogP contribution < -0.4 is 25.6 Å². The number of fused-ring (bicyclic) bond motifs is 1. The van der Waals surface area contributed by atoms with Crippen molar-refractivity contribution in [2.75, 3.05) is 29.2 Å². The molecule has 30 heavy (non-hydrogen) atoms. The molecule has 0 saturated heterocycles. The SMILES string of the molecule is COc1ccc(NC(=O)C(=O)NCC(=O)N2c3ccccc3NC(=O)C[C@@H]2C)cc1. The molecule has 0 bridgehead atoms. The summed E-state index contributed by atoms with van der Waals surface area (Å²) in [5.74, 6) is -1.86. The van der Waals surface area contributed by atoms with E-state index in [4.69, 9.17) is 4.74 Å². The van der Waals surface area contributed by atoms with Crippen LogP contribution in [0.1, 0.15) is 13.3 Å². The van der Waals surface area contributed by atoms with Gasteiger partial charge in [-0.05, 0) is 43.3 Å². The normalized spacial score (nSPS) is 15.3. The van der Waals surface area contributed by atoms with Gasteiger partial charge in [-0.15, -0.1) is 0 Å². The minimum absolute atomic E-state index is 0.117. The maximum absolute atomic E-state index is 12.8. The molecule has 1 atom stereocenters. The Labute approximate surface area is 173 Å². The number of para-hydroxylation sites is 2. The minimum Gasteiger partial charge on any atom is -0.497 e. The van der Waals surface area contributed by atoms with Crippen LogP contribution in [0.2, 0.25) is 0 Å². The van der Waals surface area contributed by atoms with Gasteiger partial charge in [0.05, 0.1) is 25.0 Å². The van der Waals surface area contributed by atoms with E-state index in [0.717, 1.165) is 0 Å². The number of nitrogens with one attached hydrogen (secondary N) is 3. The lowest BCUT2D eigenvalue weighted by Gasteiger charge is -2.27. The average molecular weight is 410 g/mol. The number of hydrogen-bond donors (Lipinski definition) is 3. The fraction of sp³-hybridized carbons (Fsp3) is 0.238. The van der Waals surface area contributed by atoms with Gasteiger partial charge in [-0.2, -0.15) is 0 Å². The highest BCUT2D eigenvalue weighted by Gasteiger charge is 2.29. The summed E-state index contributed by atoms with van der Waals surface area (Å²) in [6.07, 6.45) is 0.117. The van der Waals surface area contributed by atoms with Crippen LogP contribution in [0.25, 0.3) is 0 Å². The molecule has 0 unspecified atom stereocenters. The van der Waals surface area contributed by atoms with Crippen molar-refractivity contribution in [3.8, 4) is 5.75 Å². The first kappa shape index (κ1) is 20.8. The van der Waals surface area contributed by atoms with Crippen molar-refractivity contribution in [2.45, 2.75) is 19.4 Å². The highest BCUT2D eigenvalue weighted by atomic mass is 16.5. The smallest absolute Gasteiger partial charge is 0.313 e. The lowest BCUT2D eigenvalue weighted by Crippen LogP contribution is -2.46. The van der Waals surface area contributed by atoms with E-state index in [1.165, 1.54) is 12.0 Å². The zero-order valence-corrected chi connectivity index (χ0v) is 16.6. The zero-order valence-electron chi connectivity index (χ0n) is 16.6. The van der Waals surface area contributed by atoms with Crippen LogP contribution >= 0.6 is 0 Å². The molecule has 0 aliphatic carbocycles. The molecule has 1 aliphatic rings. The topological polar surface area (TPSA) is 117 Å². The summed E-state index contributed by atoms with van der Waals surface area (Å²) in [5, 5.41) is 7.55. The number of ether oxygens (including phenoxy) is 1. The molecule has 3 rings (SSSR count). The first-order valence-corrected chi connectivity index (χ1v) is 9.33. The summed E-state index contributed by atoms with van der Waals surface area (Å²) in [5.41, 5.74) is 1.48. The molecule has 0 fully saturated rings. The Morgan fingerprint density at radius 3 is 2.50 bits per heavy atom. The van der Waals surface area contributed by atoms with E-state index in [1.807, 2.05) is 0 Å². The molecular weight excluding hydrogens is 388 g/mol. The van der Waals surface area contributed by atoms with Gasteiger partial charge in [0.2, 0.25) is 11.8 Å². The standard InChI is InChI=1S/C21H22N4O5/c1-13-11-18(26)24-16-5-3-4-6-17(16)25(13)19(27)12-22-20(28)21(29)23-14-7-9-15(30-2)10-8-14/h3-10,13H,11-12H2,1-2H3,(H,22,28)(H,23,29)(H,24,26)/t13-/m0/s1. The zero-order chi connectivity index (χ0) is 21.7. The first-order chi connectivity index (χ1) is 14.4. The Kier molecular flexibility index (Phi) is 6.31. The second-order valence-electron chi connectivity index (χ2n) is 6.75. The van der Waals surface area contributed by atoms with Crippen LogP contribution in [0, 0.1) is 0 Å². The van der Waals surface area contributed by atoms with Gasteiger partial charge in [-0.3, -0.25) is 19.2 Å². The molecule has 0 radical (unpaired) electrons. The highest BCUT2D eigenvalue weighted by Crippen LogP contribution is 2.31. The van der Waals surface area contributed by atoms with Crippen LogP contribution in [0.5, 0.6) is 5.75 Å². The van der Waals surface area contributed by atoms with Gasteiger partial charge in [0.25, 0.3) is 0 Å². The minimum atomic E-state index is -0.941. The van der Waals surface area contributed by atoms with Crippen molar-refractivity contribution >= 4 is 40.7 Å². The van der Waals surface area contributed by atoms with E-state index in [0.29, 0.717) is 22.8 Å². The quantitative estimate of drug-likeness (QED) is 0.661. The van der Waals surface area contributed by atoms with Crippen molar-refractivity contribution in [3.05, 3.63) is 48.5 Å². The van der Waals surface area contributed by atoms with Crippen LogP contribution in [-0.2, 0) is 19.2 Å². The average Bonchev–Trinajstić information content (AvgIpc) is 2.86. The van der Waals surface area contributed by atoms with E-state index >= 15 is 0 Å². The van der Waals surface area contributed by atoms with E-state index < -0.39 is 23.8 Å². The Morgan fingerprint density at radius 1 is 1.10 bits per heavy atom. The van der Waals surface area contributed by atoms with Crippen molar-refractivity contribution < 1.29 is 23.9 Å². The number of carbonyl (C=O) groups excluding carboxylic acids is 4. The van der Waals surface area contributed by atoms with Gasteiger partial charge in [-0.1, -0.05) is 12.1 Å². The van der Waals surface area contributed by atoms with Crippen molar-refractivity contribution in [1.82, 2.24) is 5.32 Å². The van der Waals surface area contributed by atoms with Gasteiger partial charge >= 0.3 is 11.8 Å². The summed E-state index contributed by atoms with van der Waals surface area (Å²) in [6.45, 7) is 1.36. The molecule has 9 nitrogen and oxygen atoms in total. The lowest BCUT2D eigenvalue weighted by atomic mass is 10.1. The predicted octanol–water partition coefficient (Wildman–Crippen LogP) is 1.51. The number of amides is 4. The third-order valence-corrected chi connectivity index (χ3v) is 4.58. The maximum atomic E-state index is 12.8. The van der Waals surface area contributed by atoms with Crippen molar-refractivity contribution in [3.63, 3.8) is 0 Å². The van der Waals surface area contributed by atoms with E-state index in [-0.39, 0.29) is 18.9 Å². The Morgan fingerprint density at radius 2 is 1.80 bits per heavy atom. The second kappa shape index (κ2) is 9.08. The second-order valence-corrected chi connectivity index (χ2v) is 6.75. The summed E-state index contributed by atoms with van der Waals surface area (Å²) in [4.78, 5) is 50.5. The molecule has 2 aromatic carbocycles. The van der Waals surface area contributed by atoms with Gasteiger partial charge < -0.3 is 25.6 Å². The van der Waals surface area contributed by atoms with Crippen molar-refractivity contribution in [1.29, 1.82) is 0 Å². The fourth-order valence-corrected chi connectivity index (χ4v) is 3.15. The number of nitrogens with zero attached hydrogens (tertiary/aromatic N) is 1. The molecule has 4 amide bonds. The number of benzene rings is 2. The molecular formula is C21H22N4O5. The monoisotopic (exact) mass is 410 g/mol. The van der Waals surface area contributed by atoms with E-state index in [9.17, 15) is 19.2 Å². The van der Waals surface area contributed by atoms with Gasteiger partial charge in [0.1, 0.15) is 5.75 Å². The molecule has 156 valence electrons. The van der Waals surface area contributed by atoms with Gasteiger partial charge in [-0.25, -0.2) is 0 Å². The molecule has 0 spiro atoms. The van der Waals surface area contributed by atoms with Gasteiger partial charge in [0.15, 0.2) is 0 Å². The lowest BCUT2D eigenvalue weighted by molar-refractivity contribution is -0.136. The predicted molar refractivity (Wildman–Crippen MR) is 111 cm³/mol. The number of rotatable bonds is 4. The van der Waals surface area contributed by atoms with Crippen LogP contribution in [0.15, 0.2) is 48.5 Å². The summed E-state index contributed by atoms with van der Waals surface area (Å²) in [6, 6.07) is 13.0. The van der Waals surface area contributed by atoms with E-state index in [1.54, 1.807) is 55.5 Å². The summed E-state index contributed by atoms with van der Waals surface area (Å²) in [7, 11) is 1.52. The van der Waals surface area contributed by atoms with Crippen LogP contribution in [0.4, 0.5) is 17.1 Å². The van der Waals surface area contributed by atoms with E-state index in [2.05, 4.69) is 16.0 Å². The summed E-state index contributed by atoms with van der Waals surface area (Å²) < 4.78 is 5.03. The van der Waals surface area contributed by atoms with Crippen LogP contribution in [0.3, 0.4) is 0 Å². The Hall–Kier alpha value is -3.88. The molecule has 0 aromatic heterocycles. The third kappa shape index (κ3) is 4.75. The number of methoxy groups -OCH3 is 1. The third-order valence-electron chi connectivity index (χ3n) is 4.58. The fourth-order valence-electron chi connectivity index (χ4n) is 3.15. The molecule has 9 heteroatoms. The van der Waals surface area contributed by atoms with Crippen molar-refractivity contribution in [2.24, 2.45) is 0 Å². The number of hydrogen-bond acceptors (Lipinski definition) is 5. The summed E-state index contributed by atoms with van der Waals surface area (Å²) >= 11 is 0. The molecule has 0 saturated carbocycles. The Balaban J connectivity index is 1.63.